The summed E-state index contributed by atoms with van der Waals surface area (Å²) in [5.41, 5.74) is -0.0165. The van der Waals surface area contributed by atoms with E-state index in [9.17, 15) is 19.5 Å². The summed E-state index contributed by atoms with van der Waals surface area (Å²) in [6, 6.07) is 13.4. The van der Waals surface area contributed by atoms with E-state index in [0.29, 0.717) is 22.7 Å². The SMILES string of the molecule is COc1ccc(NC(C)=O)cc1NC(=O)CC(C)(C(=O)O)c1ccccc1. The van der Waals surface area contributed by atoms with Gasteiger partial charge in [0.15, 0.2) is 0 Å². The van der Waals surface area contributed by atoms with Gasteiger partial charge in [-0.3, -0.25) is 14.4 Å². The molecule has 2 amide bonds. The van der Waals surface area contributed by atoms with Gasteiger partial charge in [-0.15, -0.1) is 0 Å². The average Bonchev–Trinajstić information content (AvgIpc) is 2.62. The standard InChI is InChI=1S/C20H22N2O5/c1-13(23)21-15-9-10-17(27-3)16(11-15)22-18(24)12-20(2,19(25)26)14-7-5-4-6-8-14/h4-11H,12H2,1-3H3,(H,21,23)(H,22,24)(H,25,26). The second-order valence-corrected chi connectivity index (χ2v) is 6.32. The molecule has 0 radical (unpaired) electrons. The summed E-state index contributed by atoms with van der Waals surface area (Å²) in [6.07, 6.45) is -0.264. The van der Waals surface area contributed by atoms with Crippen molar-refractivity contribution in [3.63, 3.8) is 0 Å². The molecule has 0 saturated heterocycles. The van der Waals surface area contributed by atoms with E-state index in [0.717, 1.165) is 0 Å². The lowest BCUT2D eigenvalue weighted by molar-refractivity contribution is -0.145. The molecule has 0 saturated carbocycles. The zero-order valence-electron chi connectivity index (χ0n) is 15.4. The number of hydrogen-bond donors (Lipinski definition) is 3. The minimum Gasteiger partial charge on any atom is -0.495 e. The topological polar surface area (TPSA) is 105 Å². The van der Waals surface area contributed by atoms with Crippen LogP contribution in [0.2, 0.25) is 0 Å². The summed E-state index contributed by atoms with van der Waals surface area (Å²) in [5, 5.41) is 15.0. The van der Waals surface area contributed by atoms with Crippen LogP contribution in [0.25, 0.3) is 0 Å². The molecule has 142 valence electrons. The van der Waals surface area contributed by atoms with Crippen LogP contribution in [0.1, 0.15) is 25.8 Å². The molecule has 1 atom stereocenters. The molecule has 1 unspecified atom stereocenters. The average molecular weight is 370 g/mol. The molecule has 2 rings (SSSR count). The van der Waals surface area contributed by atoms with Crippen LogP contribution in [0.4, 0.5) is 11.4 Å². The highest BCUT2D eigenvalue weighted by Gasteiger charge is 2.37. The Kier molecular flexibility index (Phi) is 6.18. The Morgan fingerprint density at radius 3 is 2.30 bits per heavy atom. The van der Waals surface area contributed by atoms with Crippen molar-refractivity contribution >= 4 is 29.2 Å². The number of carbonyl (C=O) groups is 3. The van der Waals surface area contributed by atoms with Crippen LogP contribution in [-0.2, 0) is 19.8 Å². The molecule has 0 heterocycles. The van der Waals surface area contributed by atoms with Crippen LogP contribution in [0.5, 0.6) is 5.75 Å². The first-order chi connectivity index (χ1) is 12.8. The molecule has 0 aliphatic heterocycles. The van der Waals surface area contributed by atoms with Gasteiger partial charge in [0, 0.05) is 19.0 Å². The van der Waals surface area contributed by atoms with Gasteiger partial charge in [-0.05, 0) is 30.7 Å². The van der Waals surface area contributed by atoms with Gasteiger partial charge in [-0.2, -0.15) is 0 Å². The van der Waals surface area contributed by atoms with Gasteiger partial charge in [0.25, 0.3) is 0 Å². The maximum Gasteiger partial charge on any atom is 0.314 e. The maximum atomic E-state index is 12.6. The van der Waals surface area contributed by atoms with Crippen LogP contribution < -0.4 is 15.4 Å². The minimum atomic E-state index is -1.38. The molecular weight excluding hydrogens is 348 g/mol. The number of hydrogen-bond acceptors (Lipinski definition) is 4. The van der Waals surface area contributed by atoms with Crippen molar-refractivity contribution in [2.24, 2.45) is 0 Å². The van der Waals surface area contributed by atoms with Gasteiger partial charge < -0.3 is 20.5 Å². The summed E-state index contributed by atoms with van der Waals surface area (Å²) in [4.78, 5) is 35.7. The number of carboxylic acid groups (broad SMARTS) is 1. The Labute approximate surface area is 157 Å². The molecule has 2 aromatic rings. The van der Waals surface area contributed by atoms with E-state index < -0.39 is 17.3 Å². The van der Waals surface area contributed by atoms with Crippen LogP contribution in [-0.4, -0.2) is 30.0 Å². The third kappa shape index (κ3) is 4.84. The second-order valence-electron chi connectivity index (χ2n) is 6.32. The Balaban J connectivity index is 2.25. The van der Waals surface area contributed by atoms with E-state index in [4.69, 9.17) is 4.74 Å². The molecule has 0 aliphatic carbocycles. The van der Waals surface area contributed by atoms with Gasteiger partial charge in [-0.1, -0.05) is 30.3 Å². The number of benzene rings is 2. The zero-order valence-corrected chi connectivity index (χ0v) is 15.4. The molecule has 0 aliphatic rings. The van der Waals surface area contributed by atoms with Gasteiger partial charge in [0.1, 0.15) is 5.75 Å². The van der Waals surface area contributed by atoms with E-state index in [-0.39, 0.29) is 12.3 Å². The third-order valence-electron chi connectivity index (χ3n) is 4.19. The molecular formula is C20H22N2O5. The van der Waals surface area contributed by atoms with Gasteiger partial charge in [0.05, 0.1) is 18.2 Å². The summed E-state index contributed by atoms with van der Waals surface area (Å²) >= 11 is 0. The molecule has 0 spiro atoms. The number of nitrogens with one attached hydrogen (secondary N) is 2. The van der Waals surface area contributed by atoms with Crippen LogP contribution >= 0.6 is 0 Å². The predicted octanol–water partition coefficient (Wildman–Crippen LogP) is 3.02. The maximum absolute atomic E-state index is 12.6. The van der Waals surface area contributed by atoms with Gasteiger partial charge in [0.2, 0.25) is 11.8 Å². The number of amides is 2. The Morgan fingerprint density at radius 2 is 1.74 bits per heavy atom. The fourth-order valence-corrected chi connectivity index (χ4v) is 2.71. The van der Waals surface area contributed by atoms with Gasteiger partial charge in [-0.25, -0.2) is 0 Å². The quantitative estimate of drug-likeness (QED) is 0.695. The molecule has 0 aromatic heterocycles. The number of aliphatic carboxylic acids is 1. The Bertz CT molecular complexity index is 851. The van der Waals surface area contributed by atoms with Crippen molar-refractivity contribution in [2.45, 2.75) is 25.7 Å². The highest BCUT2D eigenvalue weighted by molar-refractivity contribution is 5.98. The lowest BCUT2D eigenvalue weighted by Gasteiger charge is -2.25. The molecule has 7 heteroatoms. The van der Waals surface area contributed by atoms with E-state index in [2.05, 4.69) is 10.6 Å². The first kappa shape index (κ1) is 20.0. The fraction of sp³-hybridized carbons (Fsp3) is 0.250. The van der Waals surface area contributed by atoms with Crippen molar-refractivity contribution in [3.8, 4) is 5.75 Å². The highest BCUT2D eigenvalue weighted by Crippen LogP contribution is 2.31. The van der Waals surface area contributed by atoms with E-state index >= 15 is 0 Å². The van der Waals surface area contributed by atoms with Crippen molar-refractivity contribution in [1.29, 1.82) is 0 Å². The first-order valence-corrected chi connectivity index (χ1v) is 8.30. The largest absolute Gasteiger partial charge is 0.495 e. The van der Waals surface area contributed by atoms with Crippen molar-refractivity contribution in [3.05, 3.63) is 54.1 Å². The second kappa shape index (κ2) is 8.35. The Hall–Kier alpha value is -3.35. The summed E-state index contributed by atoms with van der Waals surface area (Å²) in [6.45, 7) is 2.88. The number of ether oxygens (including phenoxy) is 1. The zero-order chi connectivity index (χ0) is 20.0. The molecule has 7 nitrogen and oxygen atoms in total. The monoisotopic (exact) mass is 370 g/mol. The van der Waals surface area contributed by atoms with Crippen molar-refractivity contribution in [2.75, 3.05) is 17.7 Å². The summed E-state index contributed by atoms with van der Waals surface area (Å²) in [5.74, 6) is -1.43. The summed E-state index contributed by atoms with van der Waals surface area (Å²) < 4.78 is 5.22. The lowest BCUT2D eigenvalue weighted by Crippen LogP contribution is -2.36. The smallest absolute Gasteiger partial charge is 0.314 e. The number of methoxy groups -OCH3 is 1. The van der Waals surface area contributed by atoms with Crippen molar-refractivity contribution in [1.82, 2.24) is 0 Å². The normalized spacial score (nSPS) is 12.6. The highest BCUT2D eigenvalue weighted by atomic mass is 16.5. The molecule has 2 aromatic carbocycles. The first-order valence-electron chi connectivity index (χ1n) is 8.30. The number of carbonyl (C=O) groups excluding carboxylic acids is 2. The van der Waals surface area contributed by atoms with E-state index in [1.807, 2.05) is 0 Å². The molecule has 27 heavy (non-hydrogen) atoms. The number of rotatable bonds is 7. The predicted molar refractivity (Wildman–Crippen MR) is 102 cm³/mol. The minimum absolute atomic E-state index is 0.250. The molecule has 0 fully saturated rings. The molecule has 0 bridgehead atoms. The fourth-order valence-electron chi connectivity index (χ4n) is 2.71. The Morgan fingerprint density at radius 1 is 1.07 bits per heavy atom. The summed E-state index contributed by atoms with van der Waals surface area (Å²) in [7, 11) is 1.45. The number of carboxylic acids is 1. The molecule has 3 N–H and O–H groups in total. The third-order valence-corrected chi connectivity index (χ3v) is 4.19. The van der Waals surface area contributed by atoms with E-state index in [1.165, 1.54) is 21.0 Å². The van der Waals surface area contributed by atoms with Crippen LogP contribution in [0.15, 0.2) is 48.5 Å². The number of anilines is 2. The van der Waals surface area contributed by atoms with E-state index in [1.54, 1.807) is 48.5 Å². The lowest BCUT2D eigenvalue weighted by atomic mass is 9.79. The van der Waals surface area contributed by atoms with Gasteiger partial charge >= 0.3 is 5.97 Å². The van der Waals surface area contributed by atoms with Crippen LogP contribution in [0.3, 0.4) is 0 Å². The van der Waals surface area contributed by atoms with Crippen molar-refractivity contribution < 1.29 is 24.2 Å². The van der Waals surface area contributed by atoms with Crippen LogP contribution in [0, 0.1) is 0 Å².